The largest absolute Gasteiger partial charge is 0.467 e. The number of benzene rings is 7. The second-order valence-electron chi connectivity index (χ2n) is 17.4. The van der Waals surface area contributed by atoms with Gasteiger partial charge in [0.25, 0.3) is 6.71 Å². The van der Waals surface area contributed by atoms with Crippen LogP contribution in [0.2, 0.25) is 0 Å². The molecular weight excluding hydrogens is 671 g/mol. The van der Waals surface area contributed by atoms with Gasteiger partial charge in [0.2, 0.25) is 0 Å². The third-order valence-electron chi connectivity index (χ3n) is 12.0. The summed E-state index contributed by atoms with van der Waals surface area (Å²) >= 11 is 0. The SMILES string of the molecule is CC(C)(C)c1ccc(N2c3cccc4c3B(c3ccc5ccccc5c32)c2oc3c(ccc5oc6ccccc6c53)c2N4c2ccc(C(C)(C)C)cc2)cc1. The number of rotatable bonds is 2. The van der Waals surface area contributed by atoms with Crippen LogP contribution in [0.25, 0.3) is 43.7 Å². The fourth-order valence-electron chi connectivity index (χ4n) is 9.20. The van der Waals surface area contributed by atoms with E-state index in [9.17, 15) is 0 Å². The minimum Gasteiger partial charge on any atom is -0.467 e. The molecular formula is C50H41BN2O2. The van der Waals surface area contributed by atoms with Crippen LogP contribution in [0.1, 0.15) is 52.7 Å². The molecule has 0 fully saturated rings. The van der Waals surface area contributed by atoms with Gasteiger partial charge < -0.3 is 18.6 Å². The molecule has 2 aliphatic heterocycles. The molecule has 0 atom stereocenters. The molecule has 0 aliphatic carbocycles. The molecule has 55 heavy (non-hydrogen) atoms. The Morgan fingerprint density at radius 3 is 1.73 bits per heavy atom. The van der Waals surface area contributed by atoms with E-state index in [0.29, 0.717) is 0 Å². The molecule has 0 amide bonds. The van der Waals surface area contributed by atoms with Crippen molar-refractivity contribution in [2.24, 2.45) is 0 Å². The van der Waals surface area contributed by atoms with Crippen LogP contribution in [0.15, 0.2) is 148 Å². The number of hydrogen-bond donors (Lipinski definition) is 0. The zero-order chi connectivity index (χ0) is 37.4. The standard InChI is InChI=1S/C50H41BN2O2/c1-49(2,3)31-19-23-33(24-20-31)52-39-15-11-16-40-44(39)51(38-28-18-30-12-7-8-13-35(30)45(38)52)48-46(53(40)34-25-21-32(22-26-34)50(4,5)6)37-27-29-42-43(47(37)55-48)36-14-9-10-17-41(36)54-42/h7-29H,1-6H3. The summed E-state index contributed by atoms with van der Waals surface area (Å²) < 4.78 is 13.8. The summed E-state index contributed by atoms with van der Waals surface area (Å²) in [6, 6.07) is 51.1. The molecule has 266 valence electrons. The molecule has 4 heterocycles. The van der Waals surface area contributed by atoms with Gasteiger partial charge in [0.05, 0.1) is 16.7 Å². The molecule has 0 saturated carbocycles. The van der Waals surface area contributed by atoms with Gasteiger partial charge in [0.15, 0.2) is 0 Å². The van der Waals surface area contributed by atoms with Crippen LogP contribution in [0.5, 0.6) is 0 Å². The zero-order valence-electron chi connectivity index (χ0n) is 32.1. The number of hydrogen-bond acceptors (Lipinski definition) is 4. The Kier molecular flexibility index (Phi) is 6.55. The predicted octanol–water partition coefficient (Wildman–Crippen LogP) is 12.2. The van der Waals surface area contributed by atoms with Crippen LogP contribution in [-0.4, -0.2) is 6.71 Å². The third kappa shape index (κ3) is 4.59. The molecule has 4 nitrogen and oxygen atoms in total. The Bertz CT molecular complexity index is 3010. The number of anilines is 6. The average Bonchev–Trinajstić information content (AvgIpc) is 3.76. The summed E-state index contributed by atoms with van der Waals surface area (Å²) in [4.78, 5) is 4.94. The van der Waals surface area contributed by atoms with Crippen molar-refractivity contribution < 1.29 is 8.83 Å². The van der Waals surface area contributed by atoms with E-state index in [0.717, 1.165) is 67.0 Å². The highest BCUT2D eigenvalue weighted by Gasteiger charge is 2.47. The third-order valence-corrected chi connectivity index (χ3v) is 12.0. The van der Waals surface area contributed by atoms with Gasteiger partial charge in [0.1, 0.15) is 16.7 Å². The number of nitrogens with zero attached hydrogens (tertiary/aromatic N) is 2. The minimum absolute atomic E-state index is 0.0361. The van der Waals surface area contributed by atoms with Crippen molar-refractivity contribution in [3.63, 3.8) is 0 Å². The van der Waals surface area contributed by atoms with Crippen LogP contribution in [-0.2, 0) is 10.8 Å². The Morgan fingerprint density at radius 1 is 0.473 bits per heavy atom. The maximum Gasteiger partial charge on any atom is 0.297 e. The number of fused-ring (bicyclic) bond motifs is 12. The van der Waals surface area contributed by atoms with Crippen molar-refractivity contribution in [2.75, 3.05) is 9.80 Å². The van der Waals surface area contributed by atoms with Gasteiger partial charge in [-0.2, -0.15) is 0 Å². The van der Waals surface area contributed by atoms with Crippen molar-refractivity contribution in [1.29, 1.82) is 0 Å². The van der Waals surface area contributed by atoms with E-state index in [-0.39, 0.29) is 17.5 Å². The van der Waals surface area contributed by atoms with Crippen LogP contribution < -0.4 is 26.4 Å². The maximum atomic E-state index is 7.39. The second-order valence-corrected chi connectivity index (χ2v) is 17.4. The van der Waals surface area contributed by atoms with Crippen molar-refractivity contribution >= 4 is 101 Å². The average molecular weight is 713 g/mol. The van der Waals surface area contributed by atoms with Crippen molar-refractivity contribution in [2.45, 2.75) is 52.4 Å². The van der Waals surface area contributed by atoms with Crippen molar-refractivity contribution in [3.8, 4) is 0 Å². The lowest BCUT2D eigenvalue weighted by atomic mass is 9.35. The Labute approximate surface area is 321 Å². The Hall–Kier alpha value is -6.20. The summed E-state index contributed by atoms with van der Waals surface area (Å²) in [5.41, 5.74) is 15.5. The normalized spacial score (nSPS) is 13.9. The van der Waals surface area contributed by atoms with Gasteiger partial charge in [-0.15, -0.1) is 0 Å². The van der Waals surface area contributed by atoms with E-state index >= 15 is 0 Å². The molecule has 0 spiro atoms. The first kappa shape index (κ1) is 32.3. The lowest BCUT2D eigenvalue weighted by molar-refractivity contribution is 0.590. The molecule has 9 aromatic rings. The van der Waals surface area contributed by atoms with E-state index < -0.39 is 0 Å². The van der Waals surface area contributed by atoms with Crippen LogP contribution in [0.3, 0.4) is 0 Å². The van der Waals surface area contributed by atoms with Gasteiger partial charge in [0, 0.05) is 44.6 Å². The maximum absolute atomic E-state index is 7.39. The Balaban J connectivity index is 1.25. The lowest BCUT2D eigenvalue weighted by Gasteiger charge is -2.43. The summed E-state index contributed by atoms with van der Waals surface area (Å²) in [6.45, 7) is 13.5. The number of para-hydroxylation sites is 1. The predicted molar refractivity (Wildman–Crippen MR) is 232 cm³/mol. The van der Waals surface area contributed by atoms with E-state index in [1.165, 1.54) is 38.5 Å². The molecule has 0 N–H and O–H groups in total. The number of furan rings is 2. The first-order valence-corrected chi connectivity index (χ1v) is 19.4. The van der Waals surface area contributed by atoms with Gasteiger partial charge in [-0.25, -0.2) is 0 Å². The van der Waals surface area contributed by atoms with E-state index in [1.54, 1.807) is 0 Å². The molecule has 5 heteroatoms. The van der Waals surface area contributed by atoms with Crippen LogP contribution in [0.4, 0.5) is 34.1 Å². The van der Waals surface area contributed by atoms with E-state index in [4.69, 9.17) is 8.83 Å². The van der Waals surface area contributed by atoms with Crippen molar-refractivity contribution in [1.82, 2.24) is 0 Å². The molecule has 0 saturated heterocycles. The summed E-state index contributed by atoms with van der Waals surface area (Å²) in [5.74, 6) is 0. The lowest BCUT2D eigenvalue weighted by Crippen LogP contribution is -2.61. The van der Waals surface area contributed by atoms with E-state index in [1.807, 2.05) is 12.1 Å². The zero-order valence-corrected chi connectivity index (χ0v) is 32.1. The highest BCUT2D eigenvalue weighted by atomic mass is 16.3. The molecule has 2 aliphatic rings. The first-order valence-electron chi connectivity index (χ1n) is 19.4. The highest BCUT2D eigenvalue weighted by molar-refractivity contribution is 7.00. The highest BCUT2D eigenvalue weighted by Crippen LogP contribution is 2.49. The molecule has 0 bridgehead atoms. The monoisotopic (exact) mass is 712 g/mol. The fourth-order valence-corrected chi connectivity index (χ4v) is 9.20. The molecule has 0 radical (unpaired) electrons. The summed E-state index contributed by atoms with van der Waals surface area (Å²) in [6.07, 6.45) is 0. The minimum atomic E-state index is -0.142. The second kappa shape index (κ2) is 11.2. The van der Waals surface area contributed by atoms with Gasteiger partial charge in [-0.05, 0) is 92.9 Å². The van der Waals surface area contributed by atoms with Crippen LogP contribution in [0, 0.1) is 0 Å². The van der Waals surface area contributed by atoms with Gasteiger partial charge >= 0.3 is 0 Å². The topological polar surface area (TPSA) is 32.8 Å². The summed E-state index contributed by atoms with van der Waals surface area (Å²) in [7, 11) is 0. The van der Waals surface area contributed by atoms with Gasteiger partial charge in [-0.1, -0.05) is 126 Å². The molecule has 2 aromatic heterocycles. The Morgan fingerprint density at radius 2 is 1.07 bits per heavy atom. The molecule has 7 aromatic carbocycles. The van der Waals surface area contributed by atoms with Crippen LogP contribution >= 0.6 is 0 Å². The molecule has 11 rings (SSSR count). The van der Waals surface area contributed by atoms with Crippen molar-refractivity contribution in [3.05, 3.63) is 151 Å². The molecule has 0 unspecified atom stereocenters. The summed E-state index contributed by atoms with van der Waals surface area (Å²) in [5, 5.41) is 5.59. The van der Waals surface area contributed by atoms with E-state index in [2.05, 4.69) is 179 Å². The first-order chi connectivity index (χ1) is 26.6. The smallest absolute Gasteiger partial charge is 0.297 e. The quantitative estimate of drug-likeness (QED) is 0.167. The van der Waals surface area contributed by atoms with Gasteiger partial charge in [-0.3, -0.25) is 0 Å². The fraction of sp³-hybridized carbons (Fsp3) is 0.160.